The molecular weight excluding hydrogens is 382 g/mol. The van der Waals surface area contributed by atoms with Crippen LogP contribution >= 0.6 is 0 Å². The van der Waals surface area contributed by atoms with Crippen LogP contribution in [0, 0.1) is 6.92 Å². The first-order valence-corrected chi connectivity index (χ1v) is 10.9. The van der Waals surface area contributed by atoms with Gasteiger partial charge in [0.1, 0.15) is 5.58 Å². The molecule has 8 nitrogen and oxygen atoms in total. The van der Waals surface area contributed by atoms with E-state index in [-0.39, 0.29) is 10.8 Å². The highest BCUT2D eigenvalue weighted by Crippen LogP contribution is 2.30. The van der Waals surface area contributed by atoms with Gasteiger partial charge in [-0.3, -0.25) is 4.79 Å². The fraction of sp³-hybridized carbons (Fsp3) is 0.526. The van der Waals surface area contributed by atoms with Crippen LogP contribution < -0.4 is 0 Å². The molecule has 0 atom stereocenters. The van der Waals surface area contributed by atoms with Gasteiger partial charge in [-0.25, -0.2) is 8.42 Å². The minimum atomic E-state index is -3.60. The standard InChI is InChI=1S/C19H25N3O5S/c1-14-16-13-15(28(24,25)22-9-11-26-12-10-22)3-4-17(16)27-18(14)19(23)21-7-5-20(2)6-8-21/h3-4,13H,5-12H2,1-2H3. The van der Waals surface area contributed by atoms with Crippen LogP contribution in [0.1, 0.15) is 16.1 Å². The number of amides is 1. The van der Waals surface area contributed by atoms with Crippen LogP contribution in [0.15, 0.2) is 27.5 Å². The average Bonchev–Trinajstić information content (AvgIpc) is 3.05. The van der Waals surface area contributed by atoms with E-state index in [9.17, 15) is 13.2 Å². The van der Waals surface area contributed by atoms with Gasteiger partial charge in [0.05, 0.1) is 18.1 Å². The number of hydrogen-bond donors (Lipinski definition) is 0. The van der Waals surface area contributed by atoms with Crippen molar-refractivity contribution >= 4 is 26.9 Å². The van der Waals surface area contributed by atoms with Crippen LogP contribution in [0.3, 0.4) is 0 Å². The fourth-order valence-corrected chi connectivity index (χ4v) is 5.09. The number of benzene rings is 1. The maximum absolute atomic E-state index is 12.9. The summed E-state index contributed by atoms with van der Waals surface area (Å²) >= 11 is 0. The zero-order valence-corrected chi connectivity index (χ0v) is 17.0. The number of morpholine rings is 1. The molecule has 1 aromatic carbocycles. The van der Waals surface area contributed by atoms with E-state index in [0.29, 0.717) is 61.7 Å². The van der Waals surface area contributed by atoms with Gasteiger partial charge in [-0.2, -0.15) is 4.31 Å². The molecule has 0 spiro atoms. The maximum Gasteiger partial charge on any atom is 0.289 e. The van der Waals surface area contributed by atoms with Gasteiger partial charge < -0.3 is 19.0 Å². The van der Waals surface area contributed by atoms with E-state index < -0.39 is 10.0 Å². The number of rotatable bonds is 3. The Bertz CT molecular complexity index is 986. The summed E-state index contributed by atoms with van der Waals surface area (Å²) in [6, 6.07) is 4.79. The van der Waals surface area contributed by atoms with Gasteiger partial charge in [-0.05, 0) is 32.2 Å². The van der Waals surface area contributed by atoms with Crippen LogP contribution in [-0.2, 0) is 14.8 Å². The quantitative estimate of drug-likeness (QED) is 0.759. The highest BCUT2D eigenvalue weighted by atomic mass is 32.2. The molecule has 2 saturated heterocycles. The molecule has 0 radical (unpaired) electrons. The van der Waals surface area contributed by atoms with E-state index in [0.717, 1.165) is 13.1 Å². The Morgan fingerprint density at radius 1 is 1.04 bits per heavy atom. The third-order valence-electron chi connectivity index (χ3n) is 5.50. The van der Waals surface area contributed by atoms with Crippen LogP contribution in [0.25, 0.3) is 11.0 Å². The van der Waals surface area contributed by atoms with Crippen molar-refractivity contribution in [2.24, 2.45) is 0 Å². The molecule has 0 N–H and O–H groups in total. The Morgan fingerprint density at radius 3 is 2.39 bits per heavy atom. The van der Waals surface area contributed by atoms with Crippen molar-refractivity contribution in [3.63, 3.8) is 0 Å². The molecular formula is C19H25N3O5S. The summed E-state index contributed by atoms with van der Waals surface area (Å²) < 4.78 is 38.3. The van der Waals surface area contributed by atoms with Gasteiger partial charge in [0.25, 0.3) is 5.91 Å². The summed E-state index contributed by atoms with van der Waals surface area (Å²) in [6.45, 7) is 6.26. The summed E-state index contributed by atoms with van der Waals surface area (Å²) in [7, 11) is -1.56. The van der Waals surface area contributed by atoms with E-state index in [2.05, 4.69) is 4.90 Å². The zero-order valence-electron chi connectivity index (χ0n) is 16.2. The molecule has 2 aliphatic rings. The monoisotopic (exact) mass is 407 g/mol. The Kier molecular flexibility index (Phi) is 5.17. The predicted octanol–water partition coefficient (Wildman–Crippen LogP) is 1.15. The van der Waals surface area contributed by atoms with Crippen LogP contribution in [-0.4, -0.2) is 88.0 Å². The van der Waals surface area contributed by atoms with Crippen molar-refractivity contribution in [1.29, 1.82) is 0 Å². The van der Waals surface area contributed by atoms with Gasteiger partial charge in [-0.15, -0.1) is 0 Å². The van der Waals surface area contributed by atoms with Crippen LogP contribution in [0.2, 0.25) is 0 Å². The normalized spacial score (nSPS) is 20.0. The first-order valence-electron chi connectivity index (χ1n) is 9.47. The molecule has 152 valence electrons. The number of carbonyl (C=O) groups excluding carboxylic acids is 1. The highest BCUT2D eigenvalue weighted by molar-refractivity contribution is 7.89. The molecule has 0 bridgehead atoms. The Labute approximate surface area is 164 Å². The molecule has 2 aliphatic heterocycles. The minimum absolute atomic E-state index is 0.139. The Hall–Kier alpha value is -1.94. The number of ether oxygens (including phenoxy) is 1. The van der Waals surface area contributed by atoms with E-state index in [1.54, 1.807) is 30.0 Å². The Morgan fingerprint density at radius 2 is 1.71 bits per heavy atom. The second kappa shape index (κ2) is 7.47. The molecule has 9 heteroatoms. The van der Waals surface area contributed by atoms with E-state index >= 15 is 0 Å². The molecule has 1 aromatic heterocycles. The molecule has 0 aliphatic carbocycles. The molecule has 3 heterocycles. The van der Waals surface area contributed by atoms with E-state index in [1.807, 2.05) is 7.05 Å². The number of carbonyl (C=O) groups is 1. The topological polar surface area (TPSA) is 83.3 Å². The lowest BCUT2D eigenvalue weighted by Crippen LogP contribution is -2.47. The predicted molar refractivity (Wildman–Crippen MR) is 104 cm³/mol. The molecule has 0 unspecified atom stereocenters. The van der Waals surface area contributed by atoms with Crippen molar-refractivity contribution in [3.05, 3.63) is 29.5 Å². The highest BCUT2D eigenvalue weighted by Gasteiger charge is 2.29. The lowest BCUT2D eigenvalue weighted by Gasteiger charge is -2.31. The SMILES string of the molecule is Cc1c(C(=O)N2CCN(C)CC2)oc2ccc(S(=O)(=O)N3CCOCC3)cc12. The maximum atomic E-state index is 12.9. The number of fused-ring (bicyclic) bond motifs is 1. The lowest BCUT2D eigenvalue weighted by molar-refractivity contribution is 0.0634. The fourth-order valence-electron chi connectivity index (χ4n) is 3.65. The molecule has 1 amide bonds. The summed E-state index contributed by atoms with van der Waals surface area (Å²) in [5.41, 5.74) is 1.20. The largest absolute Gasteiger partial charge is 0.451 e. The van der Waals surface area contributed by atoms with Gasteiger partial charge in [0.2, 0.25) is 10.0 Å². The molecule has 2 fully saturated rings. The summed E-state index contributed by atoms with van der Waals surface area (Å²) in [6.07, 6.45) is 0. The van der Waals surface area contributed by atoms with Crippen molar-refractivity contribution in [3.8, 4) is 0 Å². The third kappa shape index (κ3) is 3.43. The Balaban J connectivity index is 1.65. The minimum Gasteiger partial charge on any atom is -0.451 e. The number of nitrogens with zero attached hydrogens (tertiary/aromatic N) is 3. The van der Waals surface area contributed by atoms with Gasteiger partial charge >= 0.3 is 0 Å². The van der Waals surface area contributed by atoms with E-state index in [1.165, 1.54) is 4.31 Å². The molecule has 28 heavy (non-hydrogen) atoms. The molecule has 0 saturated carbocycles. The molecule has 4 rings (SSSR count). The second-order valence-corrected chi connectivity index (χ2v) is 9.26. The first-order chi connectivity index (χ1) is 13.4. The number of sulfonamides is 1. The number of hydrogen-bond acceptors (Lipinski definition) is 6. The van der Waals surface area contributed by atoms with Gasteiger partial charge in [0, 0.05) is 50.2 Å². The molecule has 2 aromatic rings. The smallest absolute Gasteiger partial charge is 0.289 e. The van der Waals surface area contributed by atoms with Crippen LogP contribution in [0.4, 0.5) is 0 Å². The van der Waals surface area contributed by atoms with Crippen molar-refractivity contribution < 1.29 is 22.4 Å². The number of piperazine rings is 1. The number of furan rings is 1. The average molecular weight is 407 g/mol. The van der Waals surface area contributed by atoms with Crippen molar-refractivity contribution in [2.75, 3.05) is 59.5 Å². The van der Waals surface area contributed by atoms with Crippen molar-refractivity contribution in [2.45, 2.75) is 11.8 Å². The van der Waals surface area contributed by atoms with Gasteiger partial charge in [-0.1, -0.05) is 0 Å². The first kappa shape index (κ1) is 19.4. The second-order valence-electron chi connectivity index (χ2n) is 7.33. The van der Waals surface area contributed by atoms with Crippen molar-refractivity contribution in [1.82, 2.24) is 14.1 Å². The van der Waals surface area contributed by atoms with Crippen LogP contribution in [0.5, 0.6) is 0 Å². The summed E-state index contributed by atoms with van der Waals surface area (Å²) in [4.78, 5) is 17.1. The zero-order chi connectivity index (χ0) is 19.9. The lowest BCUT2D eigenvalue weighted by atomic mass is 10.1. The number of likely N-dealkylation sites (N-methyl/N-ethyl adjacent to an activating group) is 1. The number of aryl methyl sites for hydroxylation is 1. The summed E-state index contributed by atoms with van der Waals surface area (Å²) in [5, 5.41) is 0.659. The summed E-state index contributed by atoms with van der Waals surface area (Å²) in [5.74, 6) is 0.153. The third-order valence-corrected chi connectivity index (χ3v) is 7.39. The van der Waals surface area contributed by atoms with Gasteiger partial charge in [0.15, 0.2) is 5.76 Å². The van der Waals surface area contributed by atoms with E-state index in [4.69, 9.17) is 9.15 Å².